The Balaban J connectivity index is 1.48. The van der Waals surface area contributed by atoms with Crippen LogP contribution in [-0.4, -0.2) is 24.2 Å². The smallest absolute Gasteiger partial charge is 0.263 e. The quantitative estimate of drug-likeness (QED) is 0.622. The lowest BCUT2D eigenvalue weighted by Gasteiger charge is -2.13. The number of anilines is 2. The molecule has 4 rings (SSSR count). The van der Waals surface area contributed by atoms with Gasteiger partial charge in [0, 0.05) is 23.9 Å². The minimum Gasteiger partial charge on any atom is -0.361 e. The van der Waals surface area contributed by atoms with Crippen LogP contribution >= 0.6 is 0 Å². The zero-order chi connectivity index (χ0) is 20.3. The minimum absolute atomic E-state index is 0.111. The first kappa shape index (κ1) is 19.1. The molecule has 148 valence electrons. The first-order valence-electron chi connectivity index (χ1n) is 9.35. The van der Waals surface area contributed by atoms with Crippen molar-refractivity contribution in [2.24, 2.45) is 0 Å². The third-order valence-corrected chi connectivity index (χ3v) is 6.09. The topological polar surface area (TPSA) is 101 Å². The van der Waals surface area contributed by atoms with Crippen molar-refractivity contribution in [3.05, 3.63) is 66.5 Å². The average Bonchev–Trinajstić information content (AvgIpc) is 2.73. The van der Waals surface area contributed by atoms with Gasteiger partial charge in [0.05, 0.1) is 22.1 Å². The molecule has 0 unspecified atom stereocenters. The molecule has 7 nitrogen and oxygen atoms in total. The van der Waals surface area contributed by atoms with E-state index in [0.29, 0.717) is 23.1 Å². The van der Waals surface area contributed by atoms with E-state index in [0.717, 1.165) is 24.8 Å². The second-order valence-corrected chi connectivity index (χ2v) is 8.50. The predicted molar refractivity (Wildman–Crippen MR) is 112 cm³/mol. The van der Waals surface area contributed by atoms with Gasteiger partial charge in [0.2, 0.25) is 0 Å². The van der Waals surface area contributed by atoms with Crippen molar-refractivity contribution in [3.63, 3.8) is 0 Å². The molecule has 0 atom stereocenters. The Hall–Kier alpha value is -3.26. The molecule has 1 fully saturated rings. The number of Topliss-reactive ketones (excluding diaryl/α,β-unsaturated/α-hetero) is 1. The van der Waals surface area contributed by atoms with Crippen molar-refractivity contribution in [1.29, 1.82) is 0 Å². The molecule has 2 aromatic carbocycles. The lowest BCUT2D eigenvalue weighted by molar-refractivity contribution is -0.116. The van der Waals surface area contributed by atoms with Crippen LogP contribution in [0.4, 0.5) is 11.5 Å². The molecule has 29 heavy (non-hydrogen) atoms. The zero-order valence-corrected chi connectivity index (χ0v) is 16.4. The van der Waals surface area contributed by atoms with Gasteiger partial charge in [0.25, 0.3) is 10.0 Å². The van der Waals surface area contributed by atoms with Crippen molar-refractivity contribution in [1.82, 2.24) is 9.97 Å². The van der Waals surface area contributed by atoms with E-state index in [1.807, 2.05) is 18.2 Å². The van der Waals surface area contributed by atoms with Crippen LogP contribution in [0.3, 0.4) is 0 Å². The molecule has 3 aromatic rings. The van der Waals surface area contributed by atoms with E-state index in [-0.39, 0.29) is 16.5 Å². The summed E-state index contributed by atoms with van der Waals surface area (Å²) in [6, 6.07) is 13.6. The molecule has 0 radical (unpaired) electrons. The van der Waals surface area contributed by atoms with Crippen LogP contribution in [0.25, 0.3) is 11.0 Å². The summed E-state index contributed by atoms with van der Waals surface area (Å²) in [5.74, 6) is 0.329. The summed E-state index contributed by atoms with van der Waals surface area (Å²) in [5, 5.41) is 3.07. The van der Waals surface area contributed by atoms with E-state index in [9.17, 15) is 13.2 Å². The first-order valence-corrected chi connectivity index (χ1v) is 10.8. The van der Waals surface area contributed by atoms with Gasteiger partial charge in [0.15, 0.2) is 11.6 Å². The molecule has 0 aliphatic heterocycles. The van der Waals surface area contributed by atoms with E-state index in [4.69, 9.17) is 0 Å². The fourth-order valence-electron chi connectivity index (χ4n) is 3.16. The number of nitrogens with one attached hydrogen (secondary N) is 2. The lowest BCUT2D eigenvalue weighted by atomic mass is 9.94. The number of sulfonamides is 1. The van der Waals surface area contributed by atoms with E-state index in [2.05, 4.69) is 20.0 Å². The molecule has 0 saturated heterocycles. The highest BCUT2D eigenvalue weighted by Gasteiger charge is 2.16. The monoisotopic (exact) mass is 408 g/mol. The van der Waals surface area contributed by atoms with E-state index in [1.54, 1.807) is 24.4 Å². The molecule has 0 bridgehead atoms. The van der Waals surface area contributed by atoms with Gasteiger partial charge in [-0.25, -0.2) is 13.4 Å². The molecule has 1 aliphatic rings. The summed E-state index contributed by atoms with van der Waals surface area (Å²) >= 11 is 0. The molecule has 0 amide bonds. The van der Waals surface area contributed by atoms with Crippen molar-refractivity contribution in [2.75, 3.05) is 10.0 Å². The fourth-order valence-corrected chi connectivity index (χ4v) is 4.14. The van der Waals surface area contributed by atoms with Gasteiger partial charge >= 0.3 is 0 Å². The van der Waals surface area contributed by atoms with Crippen LogP contribution in [-0.2, 0) is 14.8 Å². The predicted octanol–water partition coefficient (Wildman–Crippen LogP) is 3.87. The van der Waals surface area contributed by atoms with Crippen molar-refractivity contribution in [2.45, 2.75) is 30.6 Å². The maximum absolute atomic E-state index is 12.6. The van der Waals surface area contributed by atoms with Gasteiger partial charge in [-0.3, -0.25) is 14.5 Å². The number of hydrogen-bond acceptors (Lipinski definition) is 6. The summed E-state index contributed by atoms with van der Waals surface area (Å²) in [6.07, 6.45) is 6.43. The highest BCUT2D eigenvalue weighted by Crippen LogP contribution is 2.21. The summed E-state index contributed by atoms with van der Waals surface area (Å²) < 4.78 is 27.7. The van der Waals surface area contributed by atoms with Crippen LogP contribution < -0.4 is 10.0 Å². The van der Waals surface area contributed by atoms with E-state index in [1.165, 1.54) is 18.3 Å². The van der Waals surface area contributed by atoms with Crippen molar-refractivity contribution in [3.8, 4) is 0 Å². The normalized spacial score (nSPS) is 16.1. The number of benzene rings is 2. The number of para-hydroxylation sites is 2. The zero-order valence-electron chi connectivity index (χ0n) is 15.6. The largest absolute Gasteiger partial charge is 0.361 e. The molecule has 8 heteroatoms. The molecule has 1 saturated carbocycles. The van der Waals surface area contributed by atoms with E-state index >= 15 is 0 Å². The summed E-state index contributed by atoms with van der Waals surface area (Å²) in [4.78, 5) is 20.5. The Morgan fingerprint density at radius 3 is 2.41 bits per heavy atom. The highest BCUT2D eigenvalue weighted by molar-refractivity contribution is 7.92. The van der Waals surface area contributed by atoms with Gasteiger partial charge in [-0.15, -0.1) is 0 Å². The molecule has 1 aliphatic carbocycles. The highest BCUT2D eigenvalue weighted by atomic mass is 32.2. The number of carbonyl (C=O) groups excluding carboxylic acids is 1. The third-order valence-electron chi connectivity index (χ3n) is 4.72. The van der Waals surface area contributed by atoms with E-state index < -0.39 is 10.0 Å². The first-order chi connectivity index (χ1) is 14.0. The van der Waals surface area contributed by atoms with Crippen LogP contribution in [0, 0.1) is 0 Å². The lowest BCUT2D eigenvalue weighted by Crippen LogP contribution is -2.14. The van der Waals surface area contributed by atoms with Gasteiger partial charge < -0.3 is 5.32 Å². The maximum atomic E-state index is 12.6. The van der Waals surface area contributed by atoms with Gasteiger partial charge in [-0.05, 0) is 55.7 Å². The standard InChI is InChI=1S/C21H20N4O3S/c26-20-8-4-1-5-15(20)13-22-16-9-11-17(12-10-16)29(27,28)25-21-14-23-18-6-2-3-7-19(18)24-21/h2-3,6-7,9-14,22H,1,4-5,8H2,(H,24,25). The van der Waals surface area contributed by atoms with Gasteiger partial charge in [0.1, 0.15) is 0 Å². The molecule has 0 spiro atoms. The summed E-state index contributed by atoms with van der Waals surface area (Å²) in [7, 11) is -3.79. The Kier molecular flexibility index (Phi) is 5.26. The molecular formula is C21H20N4O3S. The van der Waals surface area contributed by atoms with Crippen LogP contribution in [0.1, 0.15) is 25.7 Å². The second-order valence-electron chi connectivity index (χ2n) is 6.82. The fraction of sp³-hybridized carbons (Fsp3) is 0.190. The third kappa shape index (κ3) is 4.43. The number of ketones is 1. The van der Waals surface area contributed by atoms with Gasteiger partial charge in [-0.1, -0.05) is 12.1 Å². The van der Waals surface area contributed by atoms with Crippen molar-refractivity contribution < 1.29 is 13.2 Å². The number of nitrogens with zero attached hydrogens (tertiary/aromatic N) is 2. The number of aromatic nitrogens is 2. The average molecular weight is 408 g/mol. The van der Waals surface area contributed by atoms with Crippen LogP contribution in [0.15, 0.2) is 71.4 Å². The molecular weight excluding hydrogens is 388 g/mol. The Morgan fingerprint density at radius 2 is 1.66 bits per heavy atom. The maximum Gasteiger partial charge on any atom is 0.263 e. The Labute approximate surface area is 168 Å². The SMILES string of the molecule is O=C1CCCCC1=CNc1ccc(S(=O)(=O)Nc2cnc3ccccc3n2)cc1. The minimum atomic E-state index is -3.79. The number of rotatable bonds is 5. The molecule has 1 aromatic heterocycles. The summed E-state index contributed by atoms with van der Waals surface area (Å²) in [5.41, 5.74) is 2.79. The number of allylic oxidation sites excluding steroid dienone is 1. The van der Waals surface area contributed by atoms with Gasteiger partial charge in [-0.2, -0.15) is 0 Å². The molecule has 2 N–H and O–H groups in total. The number of carbonyl (C=O) groups is 1. The van der Waals surface area contributed by atoms with Crippen LogP contribution in [0.2, 0.25) is 0 Å². The molecule has 1 heterocycles. The van der Waals surface area contributed by atoms with Crippen LogP contribution in [0.5, 0.6) is 0 Å². The number of hydrogen-bond donors (Lipinski definition) is 2. The second kappa shape index (κ2) is 8.00. The Morgan fingerprint density at radius 1 is 0.931 bits per heavy atom. The van der Waals surface area contributed by atoms with Crippen molar-refractivity contribution >= 4 is 38.3 Å². The summed E-state index contributed by atoms with van der Waals surface area (Å²) in [6.45, 7) is 0. The Bertz CT molecular complexity index is 1190. The number of fused-ring (bicyclic) bond motifs is 1.